The minimum atomic E-state index is -0.532. The van der Waals surface area contributed by atoms with E-state index in [0.29, 0.717) is 43.7 Å². The molecule has 0 aromatic heterocycles. The summed E-state index contributed by atoms with van der Waals surface area (Å²) < 4.78 is 0. The monoisotopic (exact) mass is 518 g/mol. The van der Waals surface area contributed by atoms with Gasteiger partial charge in [-0.2, -0.15) is 0 Å². The van der Waals surface area contributed by atoms with Crippen LogP contribution in [-0.2, 0) is 12.0 Å². The van der Waals surface area contributed by atoms with Crippen molar-refractivity contribution >= 4 is 11.6 Å². The van der Waals surface area contributed by atoms with Crippen LogP contribution in [0.5, 0.6) is 0 Å². The molecule has 1 amide bonds. The Morgan fingerprint density at radius 2 is 1.28 bits per heavy atom. The van der Waals surface area contributed by atoms with Crippen molar-refractivity contribution < 1.29 is 9.72 Å². The first kappa shape index (κ1) is 26.3. The minimum absolute atomic E-state index is 0.00571. The Balaban J connectivity index is 1.48. The van der Waals surface area contributed by atoms with Crippen LogP contribution >= 0.6 is 0 Å². The van der Waals surface area contributed by atoms with E-state index in [-0.39, 0.29) is 11.6 Å². The lowest BCUT2D eigenvalue weighted by Gasteiger charge is -2.49. The van der Waals surface area contributed by atoms with E-state index in [9.17, 15) is 14.9 Å². The molecule has 1 aliphatic rings. The number of amides is 1. The van der Waals surface area contributed by atoms with Crippen molar-refractivity contribution in [1.82, 2.24) is 9.80 Å². The number of nitro benzene ring substituents is 1. The zero-order valence-electron chi connectivity index (χ0n) is 22.1. The van der Waals surface area contributed by atoms with Crippen LogP contribution < -0.4 is 0 Å². The van der Waals surface area contributed by atoms with Gasteiger partial charge in [-0.15, -0.1) is 0 Å². The standard InChI is InChI=1S/C33H32N3O3/c1-2-12-26-19-20-27(25-31(26)36(38)39)32(37)34-21-23-35(24-22-34)33(28-13-6-3-7-14-28,29-15-8-4-9-16-29)30-17-10-5-11-18-30/h2-11,13-20,25H,12,21-24H2,1H3. The topological polar surface area (TPSA) is 66.7 Å². The lowest BCUT2D eigenvalue weighted by Crippen LogP contribution is -2.57. The van der Waals surface area contributed by atoms with Gasteiger partial charge in [0.2, 0.25) is 0 Å². The Morgan fingerprint density at radius 3 is 1.72 bits per heavy atom. The number of nitro groups is 1. The second kappa shape index (κ2) is 11.6. The maximum Gasteiger partial charge on any atom is 0.273 e. The summed E-state index contributed by atoms with van der Waals surface area (Å²) in [5.74, 6) is -0.172. The smallest absolute Gasteiger partial charge is 0.273 e. The van der Waals surface area contributed by atoms with Crippen molar-refractivity contribution in [1.29, 1.82) is 0 Å². The predicted molar refractivity (Wildman–Crippen MR) is 153 cm³/mol. The van der Waals surface area contributed by atoms with Crippen molar-refractivity contribution in [2.24, 2.45) is 0 Å². The second-order valence-electron chi connectivity index (χ2n) is 9.80. The number of nitrogens with zero attached hydrogens (tertiary/aromatic N) is 3. The Morgan fingerprint density at radius 1 is 0.795 bits per heavy atom. The number of rotatable bonds is 8. The van der Waals surface area contributed by atoms with Gasteiger partial charge in [-0.05, 0) is 35.6 Å². The minimum Gasteiger partial charge on any atom is -0.336 e. The molecule has 4 aromatic carbocycles. The second-order valence-corrected chi connectivity index (χ2v) is 9.80. The molecule has 0 aliphatic carbocycles. The highest BCUT2D eigenvalue weighted by molar-refractivity contribution is 5.95. The summed E-state index contributed by atoms with van der Waals surface area (Å²) in [6.45, 7) is 4.20. The van der Waals surface area contributed by atoms with Crippen LogP contribution in [0.25, 0.3) is 0 Å². The quantitative estimate of drug-likeness (QED) is 0.160. The fourth-order valence-electron chi connectivity index (χ4n) is 5.77. The molecule has 0 saturated carbocycles. The van der Waals surface area contributed by atoms with Crippen LogP contribution in [0.4, 0.5) is 5.69 Å². The molecule has 0 unspecified atom stereocenters. The van der Waals surface area contributed by atoms with Gasteiger partial charge < -0.3 is 4.90 Å². The SMILES string of the molecule is C[CH]Cc1ccc(C(=O)N2CCN(C(c3ccccc3)(c3ccccc3)c3ccccc3)CC2)cc1[N+](=O)[O-]. The van der Waals surface area contributed by atoms with Gasteiger partial charge in [-0.1, -0.05) is 104 Å². The lowest BCUT2D eigenvalue weighted by atomic mass is 9.75. The van der Waals surface area contributed by atoms with Gasteiger partial charge in [0.1, 0.15) is 0 Å². The molecule has 0 spiro atoms. The summed E-state index contributed by atoms with van der Waals surface area (Å²) in [6.07, 6.45) is 2.37. The van der Waals surface area contributed by atoms with E-state index in [1.165, 1.54) is 22.8 Å². The van der Waals surface area contributed by atoms with Crippen LogP contribution in [-0.4, -0.2) is 46.8 Å². The van der Waals surface area contributed by atoms with E-state index in [2.05, 4.69) is 77.7 Å². The lowest BCUT2D eigenvalue weighted by molar-refractivity contribution is -0.385. The third kappa shape index (κ3) is 5.08. The number of hydrogen-bond donors (Lipinski definition) is 0. The first-order valence-corrected chi connectivity index (χ1v) is 13.3. The van der Waals surface area contributed by atoms with Crippen molar-refractivity contribution in [3.05, 3.63) is 154 Å². The van der Waals surface area contributed by atoms with Crippen molar-refractivity contribution in [3.8, 4) is 0 Å². The molecule has 1 heterocycles. The Labute approximate surface area is 229 Å². The average Bonchev–Trinajstić information content (AvgIpc) is 2.99. The molecular weight excluding hydrogens is 486 g/mol. The molecule has 5 rings (SSSR count). The fourth-order valence-corrected chi connectivity index (χ4v) is 5.77. The highest BCUT2D eigenvalue weighted by Gasteiger charge is 2.43. The number of carbonyl (C=O) groups excluding carboxylic acids is 1. The molecule has 6 heteroatoms. The number of hydrogen-bond acceptors (Lipinski definition) is 4. The Kier molecular flexibility index (Phi) is 7.84. The first-order chi connectivity index (χ1) is 19.1. The molecule has 1 fully saturated rings. The summed E-state index contributed by atoms with van der Waals surface area (Å²) in [5, 5.41) is 11.7. The van der Waals surface area contributed by atoms with Crippen LogP contribution in [0.15, 0.2) is 109 Å². The summed E-state index contributed by atoms with van der Waals surface area (Å²) >= 11 is 0. The molecule has 39 heavy (non-hydrogen) atoms. The first-order valence-electron chi connectivity index (χ1n) is 13.3. The van der Waals surface area contributed by atoms with Crippen LogP contribution in [0.2, 0.25) is 0 Å². The van der Waals surface area contributed by atoms with Gasteiger partial charge in [0.05, 0.1) is 10.5 Å². The molecule has 0 N–H and O–H groups in total. The summed E-state index contributed by atoms with van der Waals surface area (Å²) in [6, 6.07) is 36.4. The third-order valence-corrected chi connectivity index (χ3v) is 7.57. The normalized spacial score (nSPS) is 14.2. The zero-order chi connectivity index (χ0) is 27.2. The third-order valence-electron chi connectivity index (χ3n) is 7.57. The molecule has 6 nitrogen and oxygen atoms in total. The van der Waals surface area contributed by atoms with Gasteiger partial charge in [0.15, 0.2) is 0 Å². The maximum absolute atomic E-state index is 13.5. The van der Waals surface area contributed by atoms with E-state index in [4.69, 9.17) is 0 Å². The largest absolute Gasteiger partial charge is 0.336 e. The Bertz CT molecular complexity index is 1320. The fraction of sp³-hybridized carbons (Fsp3) is 0.212. The molecule has 1 aliphatic heterocycles. The van der Waals surface area contributed by atoms with E-state index in [1.54, 1.807) is 12.1 Å². The summed E-state index contributed by atoms with van der Waals surface area (Å²) in [4.78, 5) is 29.0. The van der Waals surface area contributed by atoms with Gasteiger partial charge in [0, 0.05) is 43.4 Å². The zero-order valence-corrected chi connectivity index (χ0v) is 22.1. The van der Waals surface area contributed by atoms with Crippen LogP contribution in [0.3, 0.4) is 0 Å². The molecule has 197 valence electrons. The summed E-state index contributed by atoms with van der Waals surface area (Å²) in [5.41, 5.74) is 3.94. The van der Waals surface area contributed by atoms with Crippen molar-refractivity contribution in [3.63, 3.8) is 0 Å². The predicted octanol–water partition coefficient (Wildman–Crippen LogP) is 6.11. The average molecular weight is 519 g/mol. The molecule has 4 aromatic rings. The van der Waals surface area contributed by atoms with Crippen LogP contribution in [0.1, 0.15) is 39.5 Å². The number of piperazine rings is 1. The van der Waals surface area contributed by atoms with E-state index in [0.717, 1.165) is 0 Å². The highest BCUT2D eigenvalue weighted by atomic mass is 16.6. The van der Waals surface area contributed by atoms with E-state index < -0.39 is 10.5 Å². The molecule has 0 bridgehead atoms. The van der Waals surface area contributed by atoms with E-state index >= 15 is 0 Å². The number of benzene rings is 4. The summed E-state index contributed by atoms with van der Waals surface area (Å²) in [7, 11) is 0. The maximum atomic E-state index is 13.5. The molecule has 1 saturated heterocycles. The van der Waals surface area contributed by atoms with Crippen molar-refractivity contribution in [2.75, 3.05) is 26.2 Å². The van der Waals surface area contributed by atoms with E-state index in [1.807, 2.05) is 36.4 Å². The van der Waals surface area contributed by atoms with Gasteiger partial charge in [-0.25, -0.2) is 0 Å². The van der Waals surface area contributed by atoms with Gasteiger partial charge in [-0.3, -0.25) is 19.8 Å². The molecular formula is C33H32N3O3. The molecule has 1 radical (unpaired) electrons. The van der Waals surface area contributed by atoms with Gasteiger partial charge in [0.25, 0.3) is 11.6 Å². The highest BCUT2D eigenvalue weighted by Crippen LogP contribution is 2.42. The Hall–Kier alpha value is -4.29. The van der Waals surface area contributed by atoms with Gasteiger partial charge >= 0.3 is 0 Å². The number of carbonyl (C=O) groups is 1. The van der Waals surface area contributed by atoms with Crippen LogP contribution in [0, 0.1) is 16.5 Å². The van der Waals surface area contributed by atoms with Crippen molar-refractivity contribution in [2.45, 2.75) is 18.9 Å². The molecule has 0 atom stereocenters.